The fourth-order valence-electron chi connectivity index (χ4n) is 11.4. The molecule has 55 heavy (non-hydrogen) atoms. The minimum Gasteiger partial charge on any atom is -0.492 e. The Morgan fingerprint density at radius 1 is 1.15 bits per heavy atom. The first-order valence-electron chi connectivity index (χ1n) is 19.5. The Morgan fingerprint density at radius 2 is 1.89 bits per heavy atom. The molecule has 8 rings (SSSR count). The Labute approximate surface area is 318 Å². The topological polar surface area (TPSA) is 147 Å². The number of halogens is 2. The molecule has 5 aliphatic carbocycles. The van der Waals surface area contributed by atoms with Crippen LogP contribution in [0, 0.1) is 40.8 Å². The zero-order valence-electron chi connectivity index (χ0n) is 32.0. The van der Waals surface area contributed by atoms with Crippen molar-refractivity contribution in [2.45, 2.75) is 95.7 Å². The molecule has 1 aromatic heterocycles. The second-order valence-corrected chi connectivity index (χ2v) is 17.3. The van der Waals surface area contributed by atoms with E-state index in [9.17, 15) is 29.4 Å². The summed E-state index contributed by atoms with van der Waals surface area (Å²) in [6.45, 7) is 8.36. The number of hydrogen-bond donors (Lipinski definition) is 3. The maximum atomic E-state index is 17.6. The van der Waals surface area contributed by atoms with E-state index >= 15 is 8.78 Å². The van der Waals surface area contributed by atoms with Gasteiger partial charge in [-0.05, 0) is 82.4 Å². The number of piperazine rings is 1. The first-order chi connectivity index (χ1) is 26.0. The van der Waals surface area contributed by atoms with Gasteiger partial charge in [-0.2, -0.15) is 0 Å². The predicted octanol–water partition coefficient (Wildman–Crippen LogP) is 4.56. The number of Topliss-reactive ketones (excluding diaryl/α,β-unsaturated/α-hetero) is 1. The fraction of sp³-hybridized carbons (Fsp3) is 0.595. The number of methoxy groups -OCH3 is 1. The average molecular weight is 763 g/mol. The lowest BCUT2D eigenvalue weighted by molar-refractivity contribution is -0.218. The van der Waals surface area contributed by atoms with Crippen molar-refractivity contribution >= 4 is 34.1 Å². The summed E-state index contributed by atoms with van der Waals surface area (Å²) in [5.41, 5.74) is -6.29. The molecule has 4 saturated carbocycles. The van der Waals surface area contributed by atoms with E-state index in [2.05, 4.69) is 5.32 Å². The number of pyridine rings is 1. The number of rotatable bonds is 8. The number of esters is 1. The van der Waals surface area contributed by atoms with Crippen LogP contribution in [0.3, 0.4) is 0 Å². The maximum absolute atomic E-state index is 17.6. The molecule has 2 aromatic rings. The van der Waals surface area contributed by atoms with E-state index in [0.717, 1.165) is 25.3 Å². The minimum absolute atomic E-state index is 0.0231. The minimum atomic E-state index is -2.11. The number of ketones is 2. The van der Waals surface area contributed by atoms with Crippen molar-refractivity contribution in [1.82, 2.24) is 9.88 Å². The smallest absolute Gasteiger partial charge is 0.343 e. The highest BCUT2D eigenvalue weighted by Gasteiger charge is 2.75. The van der Waals surface area contributed by atoms with Crippen molar-refractivity contribution in [1.29, 1.82) is 0 Å². The van der Waals surface area contributed by atoms with E-state index in [1.54, 1.807) is 31.4 Å². The summed E-state index contributed by atoms with van der Waals surface area (Å²) in [6, 6.07) is 1.23. The largest absolute Gasteiger partial charge is 0.492 e. The van der Waals surface area contributed by atoms with Crippen molar-refractivity contribution in [3.8, 4) is 5.75 Å². The summed E-state index contributed by atoms with van der Waals surface area (Å²) >= 11 is 0. The molecule has 2 heterocycles. The van der Waals surface area contributed by atoms with E-state index in [4.69, 9.17) is 9.47 Å². The van der Waals surface area contributed by atoms with E-state index in [1.165, 1.54) is 25.5 Å². The van der Waals surface area contributed by atoms with Crippen molar-refractivity contribution in [3.05, 3.63) is 64.1 Å². The van der Waals surface area contributed by atoms with Gasteiger partial charge in [0.1, 0.15) is 23.5 Å². The molecule has 3 N–H and O–H groups in total. The molecular weight excluding hydrogens is 712 g/mol. The van der Waals surface area contributed by atoms with Gasteiger partial charge in [0.05, 0.1) is 30.5 Å². The lowest BCUT2D eigenvalue weighted by atomic mass is 9.44. The number of allylic oxidation sites excluding steroid dienone is 4. The van der Waals surface area contributed by atoms with Gasteiger partial charge in [0.15, 0.2) is 28.8 Å². The number of fused-ring (bicyclic) bond motifs is 6. The number of carbonyl (C=O) groups is 3. The molecule has 5 fully saturated rings. The summed E-state index contributed by atoms with van der Waals surface area (Å²) < 4.78 is 46.5. The fourth-order valence-corrected chi connectivity index (χ4v) is 11.4. The number of aliphatic hydroxyl groups is 2. The van der Waals surface area contributed by atoms with Gasteiger partial charge in [-0.15, -0.1) is 0 Å². The lowest BCUT2D eigenvalue weighted by Crippen LogP contribution is -2.69. The van der Waals surface area contributed by atoms with Crippen LogP contribution in [-0.2, 0) is 14.3 Å². The molecule has 13 heteroatoms. The molecule has 1 aliphatic heterocycles. The first kappa shape index (κ1) is 38.0. The number of hydrogen-bond acceptors (Lipinski definition) is 10. The Kier molecular flexibility index (Phi) is 9.01. The van der Waals surface area contributed by atoms with Crippen LogP contribution in [0.5, 0.6) is 5.75 Å². The SMILES string of the molecule is COc1c(N2CCNC(C)C2)c(F)cc2c(=O)c(C(=O)OC[CH]C(=O)[C@@]3(O)[C@H](C)CC4C5CCC6=CC(=O)C=C[C@]6(C)[C@@]5(F)[C@@H](O)C[C@@]43C)cn(C3CC3)c12. The van der Waals surface area contributed by atoms with Crippen LogP contribution in [0.25, 0.3) is 10.9 Å². The van der Waals surface area contributed by atoms with Crippen LogP contribution in [0.4, 0.5) is 14.5 Å². The van der Waals surface area contributed by atoms with Crippen molar-refractivity contribution in [2.24, 2.45) is 28.6 Å². The second-order valence-electron chi connectivity index (χ2n) is 17.3. The Bertz CT molecular complexity index is 2110. The summed E-state index contributed by atoms with van der Waals surface area (Å²) in [6.07, 6.45) is 7.87. The second kappa shape index (κ2) is 13.1. The molecule has 1 saturated heterocycles. The molecule has 1 radical (unpaired) electrons. The monoisotopic (exact) mass is 762 g/mol. The van der Waals surface area contributed by atoms with Crippen LogP contribution < -0.4 is 20.4 Å². The molecule has 295 valence electrons. The van der Waals surface area contributed by atoms with Gasteiger partial charge in [-0.3, -0.25) is 14.4 Å². The van der Waals surface area contributed by atoms with Gasteiger partial charge in [-0.1, -0.05) is 25.5 Å². The lowest BCUT2D eigenvalue weighted by Gasteiger charge is -2.62. The third kappa shape index (κ3) is 5.35. The van der Waals surface area contributed by atoms with Gasteiger partial charge in [0.25, 0.3) is 0 Å². The summed E-state index contributed by atoms with van der Waals surface area (Å²) in [7, 11) is 1.43. The quantitative estimate of drug-likeness (QED) is 0.327. The number of aliphatic hydroxyl groups excluding tert-OH is 1. The number of ether oxygens (including phenoxy) is 2. The van der Waals surface area contributed by atoms with Gasteiger partial charge < -0.3 is 34.5 Å². The van der Waals surface area contributed by atoms with Gasteiger partial charge in [0, 0.05) is 54.7 Å². The molecule has 11 nitrogen and oxygen atoms in total. The number of nitrogens with one attached hydrogen (secondary N) is 1. The van der Waals surface area contributed by atoms with Gasteiger partial charge in [0.2, 0.25) is 5.43 Å². The Morgan fingerprint density at radius 3 is 2.58 bits per heavy atom. The normalized spacial score (nSPS) is 36.9. The maximum Gasteiger partial charge on any atom is 0.343 e. The molecule has 6 aliphatic rings. The Hall–Kier alpha value is -3.94. The predicted molar refractivity (Wildman–Crippen MR) is 200 cm³/mol. The third-order valence-electron chi connectivity index (χ3n) is 14.3. The van der Waals surface area contributed by atoms with Gasteiger partial charge >= 0.3 is 5.97 Å². The van der Waals surface area contributed by atoms with Crippen LogP contribution in [-0.4, -0.2) is 89.1 Å². The van der Waals surface area contributed by atoms with E-state index < -0.39 is 75.6 Å². The molecule has 1 aromatic carbocycles. The highest BCUT2D eigenvalue weighted by Crippen LogP contribution is 2.70. The van der Waals surface area contributed by atoms with Crippen LogP contribution in [0.15, 0.2) is 40.9 Å². The zero-order chi connectivity index (χ0) is 39.4. The molecule has 9 atom stereocenters. The summed E-state index contributed by atoms with van der Waals surface area (Å²) in [4.78, 5) is 55.6. The van der Waals surface area contributed by atoms with E-state index in [0.29, 0.717) is 50.0 Å². The highest BCUT2D eigenvalue weighted by molar-refractivity contribution is 6.01. The first-order valence-corrected chi connectivity index (χ1v) is 19.5. The molecule has 0 amide bonds. The van der Waals surface area contributed by atoms with Crippen molar-refractivity contribution in [3.63, 3.8) is 0 Å². The number of anilines is 1. The molecular formula is C42H50F2N3O8. The average Bonchev–Trinajstić information content (AvgIpc) is 3.96. The molecule has 0 spiro atoms. The van der Waals surface area contributed by atoms with Crippen molar-refractivity contribution < 1.29 is 42.9 Å². The standard InChI is InChI=1S/C42H50F2N3O8/c1-22-16-30-29-9-6-24-17-26(48)10-12-39(24,3)41(29,44)33(50)19-40(30,4)42(22,53)32(49)11-15-55-38(52)28-21-47(25-7-8-25)34-27(36(28)51)18-31(43)35(37(34)54-5)46-14-13-45-23(2)20-46/h10-12,17-18,21-23,25,29-30,33,45,50,53H,6-9,13-16,19-20H2,1-5H3/t22-,23?,29?,30?,33+,39+,40+,41+,42+/m1/s1. The van der Waals surface area contributed by atoms with Crippen molar-refractivity contribution in [2.75, 3.05) is 38.3 Å². The number of nitrogens with zero attached hydrogens (tertiary/aromatic N) is 2. The van der Waals surface area contributed by atoms with Crippen LogP contribution in [0.1, 0.15) is 82.6 Å². The molecule has 0 bridgehead atoms. The van der Waals surface area contributed by atoms with E-state index in [1.807, 2.05) is 11.8 Å². The van der Waals surface area contributed by atoms with Crippen LogP contribution in [0.2, 0.25) is 0 Å². The summed E-state index contributed by atoms with van der Waals surface area (Å²) in [5, 5.41) is 27.3. The van der Waals surface area contributed by atoms with Crippen LogP contribution >= 0.6 is 0 Å². The number of carbonyl (C=O) groups excluding carboxylic acids is 3. The highest BCUT2D eigenvalue weighted by atomic mass is 19.1. The van der Waals surface area contributed by atoms with Gasteiger partial charge in [-0.25, -0.2) is 13.6 Å². The Balaban J connectivity index is 1.03. The number of benzene rings is 1. The molecule has 3 unspecified atom stereocenters. The number of aromatic nitrogens is 1. The van der Waals surface area contributed by atoms with E-state index in [-0.39, 0.29) is 46.7 Å². The third-order valence-corrected chi connectivity index (χ3v) is 14.3. The zero-order valence-corrected chi connectivity index (χ0v) is 32.0. The number of alkyl halides is 1. The summed E-state index contributed by atoms with van der Waals surface area (Å²) in [5.74, 6) is -4.12.